The molecular weight excluding hydrogens is 402 g/mol. The molecule has 0 spiro atoms. The molecule has 0 aliphatic rings. The average Bonchev–Trinajstić information content (AvgIpc) is 3.12. The maximum absolute atomic E-state index is 14.2. The Kier molecular flexibility index (Phi) is 5.31. The highest BCUT2D eigenvalue weighted by Gasteiger charge is 2.21. The topological polar surface area (TPSA) is 61.8 Å². The zero-order chi connectivity index (χ0) is 22.3. The number of aromatic nitrogens is 4. The van der Waals surface area contributed by atoms with Crippen molar-refractivity contribution in [1.29, 1.82) is 0 Å². The van der Waals surface area contributed by atoms with Gasteiger partial charge in [-0.15, -0.1) is 0 Å². The summed E-state index contributed by atoms with van der Waals surface area (Å²) in [6.45, 7) is 5.91. The van der Waals surface area contributed by atoms with E-state index in [4.69, 9.17) is 0 Å². The molecule has 4 rings (SSSR count). The van der Waals surface area contributed by atoms with Crippen molar-refractivity contribution in [2.24, 2.45) is 5.92 Å². The van der Waals surface area contributed by atoms with Gasteiger partial charge in [-0.1, -0.05) is 38.1 Å². The molecule has 0 atom stereocenters. The summed E-state index contributed by atoms with van der Waals surface area (Å²) in [5.41, 5.74) is 1.11. The van der Waals surface area contributed by atoms with Gasteiger partial charge in [0.2, 0.25) is 0 Å². The third kappa shape index (κ3) is 3.69. The molecule has 8 heteroatoms. The van der Waals surface area contributed by atoms with Crippen molar-refractivity contribution in [2.45, 2.75) is 33.9 Å². The highest BCUT2D eigenvalue weighted by Crippen LogP contribution is 2.18. The lowest BCUT2D eigenvalue weighted by atomic mass is 10.2. The summed E-state index contributed by atoms with van der Waals surface area (Å²) < 4.78 is 31.6. The van der Waals surface area contributed by atoms with Crippen molar-refractivity contribution in [2.75, 3.05) is 0 Å². The highest BCUT2D eigenvalue weighted by atomic mass is 19.1. The molecule has 2 aromatic carbocycles. The fourth-order valence-corrected chi connectivity index (χ4v) is 3.69. The summed E-state index contributed by atoms with van der Waals surface area (Å²) in [4.78, 5) is 31.0. The van der Waals surface area contributed by atoms with E-state index in [1.165, 1.54) is 26.1 Å². The van der Waals surface area contributed by atoms with Crippen molar-refractivity contribution in [3.8, 4) is 5.69 Å². The molecule has 0 radical (unpaired) electrons. The number of imidazole rings is 1. The van der Waals surface area contributed by atoms with Crippen LogP contribution in [0.15, 0.2) is 58.4 Å². The van der Waals surface area contributed by atoms with E-state index in [0.29, 0.717) is 5.69 Å². The minimum absolute atomic E-state index is 0.0223. The standard InChI is InChI=1S/C23H22F2N4O2/c1-14(2)11-28-22(30)20-21(29(23(28)31)19-7-5-4-6-15(19)3)26-13-27(20)12-16-8-9-17(24)10-18(16)25/h4-10,13-14H,11-12H2,1-3H3. The van der Waals surface area contributed by atoms with E-state index in [1.54, 1.807) is 6.07 Å². The van der Waals surface area contributed by atoms with Crippen LogP contribution in [0.1, 0.15) is 25.0 Å². The van der Waals surface area contributed by atoms with Crippen LogP contribution < -0.4 is 11.2 Å². The number of fused-ring (bicyclic) bond motifs is 1. The van der Waals surface area contributed by atoms with Gasteiger partial charge in [0.05, 0.1) is 18.6 Å². The third-order valence-electron chi connectivity index (χ3n) is 5.16. The van der Waals surface area contributed by atoms with Crippen molar-refractivity contribution in [3.05, 3.63) is 92.4 Å². The molecule has 0 fully saturated rings. The maximum Gasteiger partial charge on any atom is 0.337 e. The summed E-state index contributed by atoms with van der Waals surface area (Å²) in [5.74, 6) is -1.33. The van der Waals surface area contributed by atoms with Gasteiger partial charge in [0, 0.05) is 18.2 Å². The number of para-hydroxylation sites is 1. The van der Waals surface area contributed by atoms with Crippen LogP contribution in [0.25, 0.3) is 16.9 Å². The third-order valence-corrected chi connectivity index (χ3v) is 5.16. The maximum atomic E-state index is 14.2. The number of hydrogen-bond acceptors (Lipinski definition) is 3. The molecule has 0 aliphatic carbocycles. The van der Waals surface area contributed by atoms with Gasteiger partial charge in [0.1, 0.15) is 11.6 Å². The van der Waals surface area contributed by atoms with Gasteiger partial charge in [0.25, 0.3) is 5.56 Å². The Balaban J connectivity index is 2.02. The highest BCUT2D eigenvalue weighted by molar-refractivity contribution is 5.73. The second kappa shape index (κ2) is 7.94. The van der Waals surface area contributed by atoms with Gasteiger partial charge in [-0.3, -0.25) is 9.36 Å². The Labute approximate surface area is 177 Å². The number of halogens is 2. The zero-order valence-corrected chi connectivity index (χ0v) is 17.5. The van der Waals surface area contributed by atoms with Crippen molar-refractivity contribution in [1.82, 2.24) is 18.7 Å². The lowest BCUT2D eigenvalue weighted by Gasteiger charge is -2.15. The minimum Gasteiger partial charge on any atom is -0.320 e. The number of benzene rings is 2. The molecule has 160 valence electrons. The largest absolute Gasteiger partial charge is 0.337 e. The number of nitrogens with zero attached hydrogens (tertiary/aromatic N) is 4. The summed E-state index contributed by atoms with van der Waals surface area (Å²) in [7, 11) is 0. The van der Waals surface area contributed by atoms with Gasteiger partial charge < -0.3 is 4.57 Å². The minimum atomic E-state index is -0.711. The zero-order valence-electron chi connectivity index (χ0n) is 17.5. The lowest BCUT2D eigenvalue weighted by molar-refractivity contribution is 0.488. The van der Waals surface area contributed by atoms with Crippen LogP contribution >= 0.6 is 0 Å². The second-order valence-electron chi connectivity index (χ2n) is 7.99. The van der Waals surface area contributed by atoms with Crippen LogP contribution in [-0.4, -0.2) is 18.7 Å². The molecule has 31 heavy (non-hydrogen) atoms. The number of aryl methyl sites for hydroxylation is 1. The van der Waals surface area contributed by atoms with Crippen LogP contribution in [-0.2, 0) is 13.1 Å². The smallest absolute Gasteiger partial charge is 0.320 e. The van der Waals surface area contributed by atoms with Crippen LogP contribution in [0.3, 0.4) is 0 Å². The molecule has 0 unspecified atom stereocenters. The van der Waals surface area contributed by atoms with E-state index in [9.17, 15) is 18.4 Å². The van der Waals surface area contributed by atoms with Gasteiger partial charge in [-0.05, 0) is 30.5 Å². The van der Waals surface area contributed by atoms with E-state index < -0.39 is 22.9 Å². The molecule has 2 aromatic heterocycles. The molecule has 4 aromatic rings. The molecule has 0 saturated carbocycles. The van der Waals surface area contributed by atoms with Crippen LogP contribution in [0.2, 0.25) is 0 Å². The van der Waals surface area contributed by atoms with E-state index >= 15 is 0 Å². The molecule has 0 saturated heterocycles. The molecule has 0 bridgehead atoms. The summed E-state index contributed by atoms with van der Waals surface area (Å²) in [6.07, 6.45) is 1.41. The van der Waals surface area contributed by atoms with Gasteiger partial charge in [0.15, 0.2) is 11.2 Å². The molecule has 6 nitrogen and oxygen atoms in total. The SMILES string of the molecule is Cc1ccccc1-n1c(=O)n(CC(C)C)c(=O)c2c1ncn2Cc1ccc(F)cc1F. The normalized spacial score (nSPS) is 11.5. The van der Waals surface area contributed by atoms with E-state index in [2.05, 4.69) is 4.98 Å². The second-order valence-corrected chi connectivity index (χ2v) is 7.99. The summed E-state index contributed by atoms with van der Waals surface area (Å²) in [5, 5.41) is 0. The Morgan fingerprint density at radius 1 is 1.06 bits per heavy atom. The van der Waals surface area contributed by atoms with E-state index in [-0.39, 0.29) is 35.7 Å². The molecule has 0 aliphatic heterocycles. The lowest BCUT2D eigenvalue weighted by Crippen LogP contribution is -2.41. The Morgan fingerprint density at radius 2 is 1.81 bits per heavy atom. The summed E-state index contributed by atoms with van der Waals surface area (Å²) >= 11 is 0. The van der Waals surface area contributed by atoms with E-state index in [0.717, 1.165) is 17.7 Å². The van der Waals surface area contributed by atoms with Gasteiger partial charge in [-0.25, -0.2) is 23.1 Å². The van der Waals surface area contributed by atoms with Crippen molar-refractivity contribution >= 4 is 11.2 Å². The summed E-state index contributed by atoms with van der Waals surface area (Å²) in [6, 6.07) is 10.6. The van der Waals surface area contributed by atoms with Gasteiger partial charge in [-0.2, -0.15) is 0 Å². The monoisotopic (exact) mass is 424 g/mol. The first-order valence-electron chi connectivity index (χ1n) is 9.98. The number of rotatable bonds is 5. The first kappa shape index (κ1) is 20.7. The van der Waals surface area contributed by atoms with E-state index in [1.807, 2.05) is 39.0 Å². The quantitative estimate of drug-likeness (QED) is 0.492. The molecule has 0 N–H and O–H groups in total. The molecular formula is C23H22F2N4O2. The van der Waals surface area contributed by atoms with Crippen LogP contribution in [0, 0.1) is 24.5 Å². The Hall–Kier alpha value is -3.55. The fraction of sp³-hybridized carbons (Fsp3) is 0.261. The fourth-order valence-electron chi connectivity index (χ4n) is 3.69. The Bertz CT molecular complexity index is 1400. The molecule has 0 amide bonds. The average molecular weight is 424 g/mol. The first-order valence-corrected chi connectivity index (χ1v) is 9.98. The predicted molar refractivity (Wildman–Crippen MR) is 115 cm³/mol. The van der Waals surface area contributed by atoms with Crippen molar-refractivity contribution in [3.63, 3.8) is 0 Å². The van der Waals surface area contributed by atoms with Crippen molar-refractivity contribution < 1.29 is 8.78 Å². The van der Waals surface area contributed by atoms with Crippen LogP contribution in [0.5, 0.6) is 0 Å². The number of hydrogen-bond donors (Lipinski definition) is 0. The molecule has 2 heterocycles. The predicted octanol–water partition coefficient (Wildman–Crippen LogP) is 3.64. The van der Waals surface area contributed by atoms with Crippen LogP contribution in [0.4, 0.5) is 8.78 Å². The Morgan fingerprint density at radius 3 is 2.48 bits per heavy atom. The van der Waals surface area contributed by atoms with Gasteiger partial charge >= 0.3 is 5.69 Å². The first-order chi connectivity index (χ1) is 14.8.